The first-order chi connectivity index (χ1) is 8.74. The summed E-state index contributed by atoms with van der Waals surface area (Å²) < 4.78 is 0. The Balaban J connectivity index is 1.82. The number of aliphatic hydroxyl groups is 1. The van der Waals surface area contributed by atoms with Crippen molar-refractivity contribution in [2.24, 2.45) is 0 Å². The minimum absolute atomic E-state index is 0.300. The van der Waals surface area contributed by atoms with Gasteiger partial charge < -0.3 is 5.11 Å². The van der Waals surface area contributed by atoms with Crippen LogP contribution in [0.5, 0.6) is 0 Å². The summed E-state index contributed by atoms with van der Waals surface area (Å²) in [4.78, 5) is 0. The van der Waals surface area contributed by atoms with Crippen LogP contribution in [0.1, 0.15) is 17.5 Å². The molecule has 0 aliphatic rings. The van der Waals surface area contributed by atoms with Gasteiger partial charge in [-0.15, -0.1) is 0 Å². The molecule has 0 spiro atoms. The van der Waals surface area contributed by atoms with Crippen molar-refractivity contribution in [1.29, 1.82) is 0 Å². The second kappa shape index (κ2) is 6.58. The van der Waals surface area contributed by atoms with Gasteiger partial charge in [-0.1, -0.05) is 54.1 Å². The molecule has 0 fully saturated rings. The van der Waals surface area contributed by atoms with Gasteiger partial charge >= 0.3 is 0 Å². The van der Waals surface area contributed by atoms with Crippen LogP contribution in [-0.2, 0) is 12.8 Å². The molecule has 18 heavy (non-hydrogen) atoms. The predicted octanol–water partition coefficient (Wildman–Crippen LogP) is 3.88. The molecule has 0 bridgehead atoms. The number of hydrogen-bond acceptors (Lipinski definition) is 1. The lowest BCUT2D eigenvalue weighted by Gasteiger charge is -2.10. The summed E-state index contributed by atoms with van der Waals surface area (Å²) in [7, 11) is 0. The fraction of sp³-hybridized carbons (Fsp3) is 0.250. The number of aliphatic hydroxyl groups excluding tert-OH is 1. The molecule has 2 aromatic rings. The number of aryl methyl sites for hydroxylation is 1. The first-order valence-electron chi connectivity index (χ1n) is 6.20. The Kier molecular flexibility index (Phi) is 4.80. The zero-order chi connectivity index (χ0) is 12.8. The number of halogens is 1. The molecule has 0 radical (unpaired) electrons. The lowest BCUT2D eigenvalue weighted by molar-refractivity contribution is 0.165. The maximum atomic E-state index is 10.0. The quantitative estimate of drug-likeness (QED) is 0.865. The van der Waals surface area contributed by atoms with Crippen molar-refractivity contribution in [2.45, 2.75) is 25.4 Å². The summed E-state index contributed by atoms with van der Waals surface area (Å²) in [5, 5.41) is 10.7. The molecule has 0 amide bonds. The Morgan fingerprint density at radius 2 is 1.56 bits per heavy atom. The predicted molar refractivity (Wildman–Crippen MR) is 75.9 cm³/mol. The van der Waals surface area contributed by atoms with Crippen molar-refractivity contribution in [3.8, 4) is 0 Å². The Labute approximate surface area is 113 Å². The van der Waals surface area contributed by atoms with E-state index in [-0.39, 0.29) is 6.10 Å². The highest BCUT2D eigenvalue weighted by molar-refractivity contribution is 6.30. The number of benzene rings is 2. The van der Waals surface area contributed by atoms with Gasteiger partial charge in [0, 0.05) is 5.02 Å². The van der Waals surface area contributed by atoms with Gasteiger partial charge in [-0.25, -0.2) is 0 Å². The molecule has 2 heteroatoms. The van der Waals surface area contributed by atoms with Crippen LogP contribution in [0.25, 0.3) is 0 Å². The maximum absolute atomic E-state index is 10.0. The van der Waals surface area contributed by atoms with E-state index in [4.69, 9.17) is 11.6 Å². The molecule has 0 saturated heterocycles. The van der Waals surface area contributed by atoms with E-state index < -0.39 is 0 Å². The molecular weight excluding hydrogens is 244 g/mol. The van der Waals surface area contributed by atoms with E-state index in [2.05, 4.69) is 12.1 Å². The third-order valence-corrected chi connectivity index (χ3v) is 3.25. The summed E-state index contributed by atoms with van der Waals surface area (Å²) in [6.45, 7) is 0. The molecule has 2 aromatic carbocycles. The Bertz CT molecular complexity index is 464. The molecule has 1 nitrogen and oxygen atoms in total. The molecule has 0 aromatic heterocycles. The summed E-state index contributed by atoms with van der Waals surface area (Å²) in [5.41, 5.74) is 2.40. The molecule has 94 valence electrons. The Morgan fingerprint density at radius 3 is 2.22 bits per heavy atom. The normalized spacial score (nSPS) is 12.3. The van der Waals surface area contributed by atoms with E-state index in [1.807, 2.05) is 42.5 Å². The van der Waals surface area contributed by atoms with E-state index in [0.717, 1.165) is 23.4 Å². The summed E-state index contributed by atoms with van der Waals surface area (Å²) >= 11 is 5.83. The fourth-order valence-corrected chi connectivity index (χ4v) is 2.10. The smallest absolute Gasteiger partial charge is 0.0583 e. The van der Waals surface area contributed by atoms with Crippen molar-refractivity contribution in [3.63, 3.8) is 0 Å². The molecular formula is C16H17ClO. The Morgan fingerprint density at radius 1 is 0.889 bits per heavy atom. The second-order valence-corrected chi connectivity index (χ2v) is 4.95. The van der Waals surface area contributed by atoms with Crippen LogP contribution in [0, 0.1) is 0 Å². The van der Waals surface area contributed by atoms with E-state index in [9.17, 15) is 5.11 Å². The maximum Gasteiger partial charge on any atom is 0.0583 e. The van der Waals surface area contributed by atoms with Gasteiger partial charge in [-0.2, -0.15) is 0 Å². The zero-order valence-electron chi connectivity index (χ0n) is 10.2. The standard InChI is InChI=1S/C16H17ClO/c17-15-9-6-14(7-10-15)12-16(18)11-8-13-4-2-1-3-5-13/h1-7,9-10,16,18H,8,11-12H2. The van der Waals surface area contributed by atoms with Gasteiger partial charge in [0.15, 0.2) is 0 Å². The summed E-state index contributed by atoms with van der Waals surface area (Å²) in [5.74, 6) is 0. The molecule has 2 rings (SSSR count). The summed E-state index contributed by atoms with van der Waals surface area (Å²) in [6.07, 6.45) is 2.08. The third kappa shape index (κ3) is 4.17. The second-order valence-electron chi connectivity index (χ2n) is 4.51. The van der Waals surface area contributed by atoms with Crippen LogP contribution in [-0.4, -0.2) is 11.2 Å². The van der Waals surface area contributed by atoms with E-state index in [0.29, 0.717) is 6.42 Å². The summed E-state index contributed by atoms with van der Waals surface area (Å²) in [6, 6.07) is 17.9. The molecule has 0 heterocycles. The van der Waals surface area contributed by atoms with Crippen LogP contribution in [0.2, 0.25) is 5.02 Å². The minimum Gasteiger partial charge on any atom is -0.393 e. The van der Waals surface area contributed by atoms with Crippen molar-refractivity contribution in [1.82, 2.24) is 0 Å². The molecule has 0 saturated carbocycles. The van der Waals surface area contributed by atoms with Crippen LogP contribution >= 0.6 is 11.6 Å². The van der Waals surface area contributed by atoms with Crippen LogP contribution in [0.15, 0.2) is 54.6 Å². The zero-order valence-corrected chi connectivity index (χ0v) is 11.0. The van der Waals surface area contributed by atoms with Crippen molar-refractivity contribution in [3.05, 3.63) is 70.7 Å². The third-order valence-electron chi connectivity index (χ3n) is 2.99. The average molecular weight is 261 g/mol. The van der Waals surface area contributed by atoms with E-state index in [1.165, 1.54) is 5.56 Å². The lowest BCUT2D eigenvalue weighted by atomic mass is 10.0. The van der Waals surface area contributed by atoms with E-state index in [1.54, 1.807) is 0 Å². The number of hydrogen-bond donors (Lipinski definition) is 1. The van der Waals surface area contributed by atoms with E-state index >= 15 is 0 Å². The van der Waals surface area contributed by atoms with Gasteiger partial charge in [-0.3, -0.25) is 0 Å². The number of rotatable bonds is 5. The lowest BCUT2D eigenvalue weighted by Crippen LogP contribution is -2.11. The van der Waals surface area contributed by atoms with Gasteiger partial charge in [-0.05, 0) is 42.5 Å². The first kappa shape index (κ1) is 13.1. The highest BCUT2D eigenvalue weighted by Gasteiger charge is 2.06. The molecule has 0 aliphatic carbocycles. The minimum atomic E-state index is -0.300. The molecule has 0 aliphatic heterocycles. The highest BCUT2D eigenvalue weighted by Crippen LogP contribution is 2.13. The van der Waals surface area contributed by atoms with Gasteiger partial charge in [0.2, 0.25) is 0 Å². The largest absolute Gasteiger partial charge is 0.393 e. The van der Waals surface area contributed by atoms with Gasteiger partial charge in [0.05, 0.1) is 6.10 Å². The average Bonchev–Trinajstić information content (AvgIpc) is 2.40. The fourth-order valence-electron chi connectivity index (χ4n) is 1.97. The first-order valence-corrected chi connectivity index (χ1v) is 6.58. The van der Waals surface area contributed by atoms with Crippen LogP contribution in [0.3, 0.4) is 0 Å². The van der Waals surface area contributed by atoms with Crippen LogP contribution < -0.4 is 0 Å². The molecule has 1 atom stereocenters. The SMILES string of the molecule is OC(CCc1ccccc1)Cc1ccc(Cl)cc1. The molecule has 1 unspecified atom stereocenters. The monoisotopic (exact) mass is 260 g/mol. The van der Waals surface area contributed by atoms with Gasteiger partial charge in [0.1, 0.15) is 0 Å². The van der Waals surface area contributed by atoms with Crippen molar-refractivity contribution in [2.75, 3.05) is 0 Å². The topological polar surface area (TPSA) is 20.2 Å². The van der Waals surface area contributed by atoms with Crippen molar-refractivity contribution >= 4 is 11.6 Å². The van der Waals surface area contributed by atoms with Gasteiger partial charge in [0.25, 0.3) is 0 Å². The Hall–Kier alpha value is -1.31. The van der Waals surface area contributed by atoms with Crippen LogP contribution in [0.4, 0.5) is 0 Å². The highest BCUT2D eigenvalue weighted by atomic mass is 35.5. The molecule has 1 N–H and O–H groups in total. The van der Waals surface area contributed by atoms with Crippen molar-refractivity contribution < 1.29 is 5.11 Å².